The van der Waals surface area contributed by atoms with Gasteiger partial charge in [0.1, 0.15) is 0 Å². The monoisotopic (exact) mass is 362 g/mol. The van der Waals surface area contributed by atoms with E-state index in [9.17, 15) is 18.0 Å². The Morgan fingerprint density at radius 3 is 2.54 bits per heavy atom. The lowest BCUT2D eigenvalue weighted by molar-refractivity contribution is -0.137. The minimum Gasteiger partial charge on any atom is -0.348 e. The number of rotatable bonds is 5. The summed E-state index contributed by atoms with van der Waals surface area (Å²) in [5.74, 6) is -0.300. The molecule has 0 aliphatic heterocycles. The Bertz CT molecular complexity index is 906. The third-order valence-electron chi connectivity index (χ3n) is 4.15. The highest BCUT2D eigenvalue weighted by atomic mass is 19.4. The molecule has 5 nitrogen and oxygen atoms in total. The van der Waals surface area contributed by atoms with Gasteiger partial charge in [-0.25, -0.2) is 0 Å². The SMILES string of the molecule is CCC(C(=O)NCc1nnc2ccc(C(F)(F)F)cn12)c1ccccc1. The van der Waals surface area contributed by atoms with Crippen LogP contribution in [-0.2, 0) is 17.5 Å². The molecular weight excluding hydrogens is 345 g/mol. The van der Waals surface area contributed by atoms with Crippen molar-refractivity contribution in [3.05, 3.63) is 65.6 Å². The molecule has 136 valence electrons. The van der Waals surface area contributed by atoms with Crippen LogP contribution in [0.25, 0.3) is 5.65 Å². The van der Waals surface area contributed by atoms with E-state index in [1.807, 2.05) is 37.3 Å². The van der Waals surface area contributed by atoms with E-state index in [1.165, 1.54) is 10.5 Å². The Morgan fingerprint density at radius 2 is 1.88 bits per heavy atom. The van der Waals surface area contributed by atoms with Gasteiger partial charge in [-0.15, -0.1) is 10.2 Å². The number of nitrogens with zero attached hydrogens (tertiary/aromatic N) is 3. The van der Waals surface area contributed by atoms with Gasteiger partial charge in [-0.3, -0.25) is 9.20 Å². The van der Waals surface area contributed by atoms with E-state index in [2.05, 4.69) is 15.5 Å². The van der Waals surface area contributed by atoms with Gasteiger partial charge in [-0.05, 0) is 24.1 Å². The van der Waals surface area contributed by atoms with Gasteiger partial charge in [-0.1, -0.05) is 37.3 Å². The molecule has 1 amide bonds. The summed E-state index contributed by atoms with van der Waals surface area (Å²) in [7, 11) is 0. The second-order valence-electron chi connectivity index (χ2n) is 5.85. The van der Waals surface area contributed by atoms with Gasteiger partial charge in [0.25, 0.3) is 0 Å². The predicted octanol–water partition coefficient (Wildman–Crippen LogP) is 3.56. The van der Waals surface area contributed by atoms with Gasteiger partial charge < -0.3 is 5.32 Å². The fourth-order valence-corrected chi connectivity index (χ4v) is 2.77. The summed E-state index contributed by atoms with van der Waals surface area (Å²) in [6, 6.07) is 11.5. The molecule has 0 aliphatic carbocycles. The number of hydrogen-bond acceptors (Lipinski definition) is 3. The number of pyridine rings is 1. The van der Waals surface area contributed by atoms with Crippen LogP contribution in [0.4, 0.5) is 13.2 Å². The van der Waals surface area contributed by atoms with Gasteiger partial charge in [-0.2, -0.15) is 13.2 Å². The fraction of sp³-hybridized carbons (Fsp3) is 0.278. The third kappa shape index (κ3) is 3.68. The number of alkyl halides is 3. The molecular formula is C18H17F3N4O. The van der Waals surface area contributed by atoms with E-state index >= 15 is 0 Å². The number of fused-ring (bicyclic) bond motifs is 1. The van der Waals surface area contributed by atoms with Gasteiger partial charge >= 0.3 is 6.18 Å². The quantitative estimate of drug-likeness (QED) is 0.755. The molecule has 1 N–H and O–H groups in total. The van der Waals surface area contributed by atoms with Crippen LogP contribution < -0.4 is 5.32 Å². The second kappa shape index (κ2) is 7.15. The molecule has 3 aromatic rings. The van der Waals surface area contributed by atoms with Crippen molar-refractivity contribution in [1.82, 2.24) is 19.9 Å². The lowest BCUT2D eigenvalue weighted by Crippen LogP contribution is -2.29. The first kappa shape index (κ1) is 17.9. The number of hydrogen-bond donors (Lipinski definition) is 1. The zero-order valence-electron chi connectivity index (χ0n) is 14.0. The minimum atomic E-state index is -4.46. The molecule has 0 saturated heterocycles. The zero-order valence-corrected chi connectivity index (χ0v) is 14.0. The molecule has 26 heavy (non-hydrogen) atoms. The number of halogens is 3. The topological polar surface area (TPSA) is 59.3 Å². The summed E-state index contributed by atoms with van der Waals surface area (Å²) >= 11 is 0. The Hall–Kier alpha value is -2.90. The van der Waals surface area contributed by atoms with Crippen LogP contribution in [0.1, 0.15) is 36.2 Å². The predicted molar refractivity (Wildman–Crippen MR) is 89.3 cm³/mol. The number of aromatic nitrogens is 3. The van der Waals surface area contributed by atoms with Crippen molar-refractivity contribution in [3.8, 4) is 0 Å². The van der Waals surface area contributed by atoms with Crippen LogP contribution >= 0.6 is 0 Å². The van der Waals surface area contributed by atoms with Crippen molar-refractivity contribution >= 4 is 11.6 Å². The van der Waals surface area contributed by atoms with E-state index in [1.54, 1.807) is 0 Å². The van der Waals surface area contributed by atoms with Gasteiger partial charge in [0.05, 0.1) is 18.0 Å². The molecule has 1 unspecified atom stereocenters. The molecule has 2 heterocycles. The first-order valence-corrected chi connectivity index (χ1v) is 8.13. The first-order chi connectivity index (χ1) is 12.4. The maximum absolute atomic E-state index is 12.9. The normalized spacial score (nSPS) is 12.9. The molecule has 0 saturated carbocycles. The number of carbonyl (C=O) groups excluding carboxylic acids is 1. The number of benzene rings is 1. The standard InChI is InChI=1S/C18H17F3N4O/c1-2-14(12-6-4-3-5-7-12)17(26)22-10-16-24-23-15-9-8-13(11-25(15)16)18(19,20)21/h3-9,11,14H,2,10H2,1H3,(H,22,26). The van der Waals surface area contributed by atoms with Crippen molar-refractivity contribution in [2.45, 2.75) is 32.0 Å². The van der Waals surface area contributed by atoms with Gasteiger partial charge in [0.2, 0.25) is 5.91 Å². The summed E-state index contributed by atoms with van der Waals surface area (Å²) in [5.41, 5.74) is 0.378. The van der Waals surface area contributed by atoms with Crippen LogP contribution in [-0.4, -0.2) is 20.5 Å². The molecule has 0 bridgehead atoms. The van der Waals surface area contributed by atoms with Crippen LogP contribution in [0.3, 0.4) is 0 Å². The second-order valence-corrected chi connectivity index (χ2v) is 5.85. The third-order valence-corrected chi connectivity index (χ3v) is 4.15. The van der Waals surface area contributed by atoms with Crippen molar-refractivity contribution in [2.75, 3.05) is 0 Å². The van der Waals surface area contributed by atoms with E-state index in [-0.39, 0.29) is 29.8 Å². The Kier molecular flexibility index (Phi) is 4.92. The van der Waals surface area contributed by atoms with Crippen molar-refractivity contribution in [1.29, 1.82) is 0 Å². The van der Waals surface area contributed by atoms with Gasteiger partial charge in [0, 0.05) is 6.20 Å². The molecule has 3 rings (SSSR count). The van der Waals surface area contributed by atoms with Crippen molar-refractivity contribution < 1.29 is 18.0 Å². The van der Waals surface area contributed by atoms with E-state index < -0.39 is 11.7 Å². The molecule has 2 aromatic heterocycles. The molecule has 1 atom stereocenters. The average Bonchev–Trinajstić information content (AvgIpc) is 3.03. The van der Waals surface area contributed by atoms with Crippen molar-refractivity contribution in [2.24, 2.45) is 0 Å². The Labute approximate surface area is 147 Å². The largest absolute Gasteiger partial charge is 0.417 e. The maximum Gasteiger partial charge on any atom is 0.417 e. The molecule has 8 heteroatoms. The highest BCUT2D eigenvalue weighted by molar-refractivity contribution is 5.83. The lowest BCUT2D eigenvalue weighted by atomic mass is 9.96. The molecule has 0 radical (unpaired) electrons. The molecule has 0 spiro atoms. The van der Waals surface area contributed by atoms with E-state index in [0.29, 0.717) is 6.42 Å². The zero-order chi connectivity index (χ0) is 18.7. The smallest absolute Gasteiger partial charge is 0.348 e. The van der Waals surface area contributed by atoms with Crippen LogP contribution in [0, 0.1) is 0 Å². The number of carbonyl (C=O) groups is 1. The number of nitrogens with one attached hydrogen (secondary N) is 1. The van der Waals surface area contributed by atoms with Crippen LogP contribution in [0.15, 0.2) is 48.7 Å². The highest BCUT2D eigenvalue weighted by Crippen LogP contribution is 2.29. The lowest BCUT2D eigenvalue weighted by Gasteiger charge is -2.15. The van der Waals surface area contributed by atoms with Crippen LogP contribution in [0.2, 0.25) is 0 Å². The highest BCUT2D eigenvalue weighted by Gasteiger charge is 2.31. The number of amides is 1. The average molecular weight is 362 g/mol. The summed E-state index contributed by atoms with van der Waals surface area (Å²) in [6.07, 6.45) is -2.92. The fourth-order valence-electron chi connectivity index (χ4n) is 2.77. The van der Waals surface area contributed by atoms with Crippen LogP contribution in [0.5, 0.6) is 0 Å². The summed E-state index contributed by atoms with van der Waals surface area (Å²) in [4.78, 5) is 12.5. The molecule has 0 aliphatic rings. The van der Waals surface area contributed by atoms with E-state index in [4.69, 9.17) is 0 Å². The summed E-state index contributed by atoms with van der Waals surface area (Å²) in [6.45, 7) is 1.89. The minimum absolute atomic E-state index is 0.00928. The Balaban J connectivity index is 1.78. The maximum atomic E-state index is 12.9. The summed E-state index contributed by atoms with van der Waals surface area (Å²) < 4.78 is 39.9. The van der Waals surface area contributed by atoms with Gasteiger partial charge in [0.15, 0.2) is 11.5 Å². The van der Waals surface area contributed by atoms with E-state index in [0.717, 1.165) is 17.8 Å². The first-order valence-electron chi connectivity index (χ1n) is 8.13. The summed E-state index contributed by atoms with van der Waals surface area (Å²) in [5, 5.41) is 10.5. The Morgan fingerprint density at radius 1 is 1.15 bits per heavy atom. The molecule has 0 fully saturated rings. The van der Waals surface area contributed by atoms with Crippen molar-refractivity contribution in [3.63, 3.8) is 0 Å². The molecule has 1 aromatic carbocycles.